The van der Waals surface area contributed by atoms with Crippen LogP contribution in [0.1, 0.15) is 80.2 Å². The van der Waals surface area contributed by atoms with Crippen LogP contribution >= 0.6 is 11.8 Å². The molecule has 0 aromatic heterocycles. The first-order valence-corrected chi connectivity index (χ1v) is 21.1. The van der Waals surface area contributed by atoms with Crippen LogP contribution in [-0.2, 0) is 43.8 Å². The van der Waals surface area contributed by atoms with Crippen molar-refractivity contribution in [3.63, 3.8) is 0 Å². The fourth-order valence-electron chi connectivity index (χ4n) is 6.83. The van der Waals surface area contributed by atoms with Gasteiger partial charge in [0.2, 0.25) is 35.4 Å². The number of benzene rings is 1. The lowest BCUT2D eigenvalue weighted by Crippen LogP contribution is -2.61. The van der Waals surface area contributed by atoms with Crippen molar-refractivity contribution in [2.75, 3.05) is 40.0 Å². The molecule has 1 aromatic carbocycles. The summed E-state index contributed by atoms with van der Waals surface area (Å²) in [4.78, 5) is 105. The van der Waals surface area contributed by atoms with E-state index in [1.54, 1.807) is 27.3 Å². The number of carboxylic acid groups (broad SMARTS) is 2. The number of amides is 6. The van der Waals surface area contributed by atoms with Crippen molar-refractivity contribution in [1.29, 1.82) is 0 Å². The van der Waals surface area contributed by atoms with Crippen LogP contribution in [0.4, 0.5) is 0 Å². The Morgan fingerprint density at radius 2 is 1.67 bits per heavy atom. The van der Waals surface area contributed by atoms with Gasteiger partial charge in [0.15, 0.2) is 0 Å². The van der Waals surface area contributed by atoms with Crippen molar-refractivity contribution >= 4 is 59.1 Å². The van der Waals surface area contributed by atoms with E-state index >= 15 is 0 Å². The van der Waals surface area contributed by atoms with E-state index in [0.717, 1.165) is 22.2 Å². The van der Waals surface area contributed by atoms with Gasteiger partial charge < -0.3 is 46.9 Å². The molecular formula is C42H65N7O11S. The van der Waals surface area contributed by atoms with Crippen LogP contribution in [0, 0.1) is 11.3 Å². The summed E-state index contributed by atoms with van der Waals surface area (Å²) < 4.78 is 5.40. The van der Waals surface area contributed by atoms with Crippen molar-refractivity contribution in [3.8, 4) is 5.75 Å². The smallest absolute Gasteiger partial charge is 0.326 e. The maximum atomic E-state index is 14.3. The molecule has 0 aliphatic carbocycles. The number of carboxylic acids is 2. The molecule has 6 atom stereocenters. The molecule has 0 spiro atoms. The van der Waals surface area contributed by atoms with Gasteiger partial charge in [0.25, 0.3) is 0 Å². The summed E-state index contributed by atoms with van der Waals surface area (Å²) in [5.41, 5.74) is 5.01. The van der Waals surface area contributed by atoms with Crippen LogP contribution in [0.15, 0.2) is 35.9 Å². The van der Waals surface area contributed by atoms with Crippen LogP contribution < -0.4 is 31.7 Å². The first-order valence-electron chi connectivity index (χ1n) is 20.1. The molecule has 2 rings (SSSR count). The number of ether oxygens (including phenoxy) is 1. The third kappa shape index (κ3) is 14.6. The van der Waals surface area contributed by atoms with Crippen molar-refractivity contribution in [3.05, 3.63) is 41.5 Å². The molecule has 1 saturated heterocycles. The van der Waals surface area contributed by atoms with Crippen LogP contribution in [0.25, 0.3) is 0 Å². The van der Waals surface area contributed by atoms with Crippen LogP contribution in [0.2, 0.25) is 0 Å². The summed E-state index contributed by atoms with van der Waals surface area (Å²) in [6, 6.07) is 2.43. The maximum absolute atomic E-state index is 14.3. The molecular weight excluding hydrogens is 811 g/mol. The van der Waals surface area contributed by atoms with Crippen molar-refractivity contribution in [2.24, 2.45) is 17.1 Å². The Morgan fingerprint density at radius 3 is 2.21 bits per heavy atom. The molecule has 0 radical (unpaired) electrons. The highest BCUT2D eigenvalue weighted by atomic mass is 32.2. The highest BCUT2D eigenvalue weighted by Crippen LogP contribution is 2.31. The van der Waals surface area contributed by atoms with E-state index in [0.29, 0.717) is 5.75 Å². The van der Waals surface area contributed by atoms with Crippen LogP contribution in [-0.4, -0.2) is 143 Å². The quantitative estimate of drug-likeness (QED) is 0.0603. The number of methoxy groups -OCH3 is 1. The van der Waals surface area contributed by atoms with Gasteiger partial charge in [-0.05, 0) is 49.4 Å². The van der Waals surface area contributed by atoms with E-state index < -0.39 is 87.8 Å². The molecule has 1 aromatic rings. The SMILES string of the molecule is CN[C@H](C(=O)N[C@H](C(=O)N(C)[C@H](/C=C(\C)C(=O)N[C@H](CCC(=O)NCCN1C(=O)CC(SC[C@H](N)C(=O)O)C1=O)C(=O)O)C(C)C)C(C)(C)C)C(C)(C)c1cccc(OC)c1. The summed E-state index contributed by atoms with van der Waals surface area (Å²) in [6.45, 7) is 14.3. The lowest BCUT2D eigenvalue weighted by atomic mass is 9.76. The predicted molar refractivity (Wildman–Crippen MR) is 230 cm³/mol. The number of nitrogens with one attached hydrogen (secondary N) is 4. The van der Waals surface area contributed by atoms with Gasteiger partial charge in [-0.2, -0.15) is 0 Å². The number of carbonyl (C=O) groups excluding carboxylic acids is 6. The molecule has 1 heterocycles. The zero-order valence-electron chi connectivity index (χ0n) is 37.1. The fourth-order valence-corrected chi connectivity index (χ4v) is 7.94. The molecule has 0 bridgehead atoms. The normalized spacial score (nSPS) is 17.2. The van der Waals surface area contributed by atoms with E-state index in [1.807, 2.05) is 72.7 Å². The van der Waals surface area contributed by atoms with Crippen molar-refractivity contribution in [2.45, 2.75) is 116 Å². The second kappa shape index (κ2) is 22.7. The number of nitrogens with two attached hydrogens (primary N) is 1. The average molecular weight is 876 g/mol. The van der Waals surface area contributed by atoms with Gasteiger partial charge in [0, 0.05) is 49.7 Å². The Labute approximate surface area is 362 Å². The minimum absolute atomic E-state index is 0.0575. The number of nitrogens with zero attached hydrogens (tertiary/aromatic N) is 2. The Kier molecular flexibility index (Phi) is 19.4. The highest BCUT2D eigenvalue weighted by Gasteiger charge is 2.42. The lowest BCUT2D eigenvalue weighted by Gasteiger charge is -2.40. The number of thioether (sulfide) groups is 1. The standard InChI is InChI=1S/C42H65N7O11S/c1-23(2)29(48(10)38(55)34(41(4,5)6)47-36(53)33(44-9)42(7,8)25-13-12-14-26(20-25)60-11)19-24(3)35(52)46-28(40(58)59)15-16-31(50)45-17-18-49-32(51)21-30(37(49)54)61-22-27(43)39(56)57/h12-14,19-20,23,27-30,33-34,44H,15-18,21-22,43H2,1-11H3,(H,45,50)(H,46,52)(H,47,53)(H,56,57)(H,58,59)/b24-19+/t27-,28+,29+,30?,33+,34+/m0/s1. The number of likely N-dealkylation sites (tertiary alicyclic amines) is 1. The zero-order valence-corrected chi connectivity index (χ0v) is 37.9. The van der Waals surface area contributed by atoms with Gasteiger partial charge >= 0.3 is 11.9 Å². The lowest BCUT2D eigenvalue weighted by molar-refractivity contribution is -0.142. The van der Waals surface area contributed by atoms with Gasteiger partial charge in [-0.1, -0.05) is 66.7 Å². The molecule has 6 amide bonds. The van der Waals surface area contributed by atoms with Gasteiger partial charge in [-0.25, -0.2) is 4.79 Å². The molecule has 61 heavy (non-hydrogen) atoms. The van der Waals surface area contributed by atoms with Crippen molar-refractivity contribution < 1.29 is 53.3 Å². The predicted octanol–water partition coefficient (Wildman–Crippen LogP) is 1.26. The molecule has 18 nitrogen and oxygen atoms in total. The fraction of sp³-hybridized carbons (Fsp3) is 0.619. The molecule has 340 valence electrons. The molecule has 0 saturated carbocycles. The molecule has 1 aliphatic rings. The Balaban J connectivity index is 2.09. The minimum atomic E-state index is -1.45. The number of carbonyl (C=O) groups is 8. The number of imide groups is 1. The summed E-state index contributed by atoms with van der Waals surface area (Å²) >= 11 is 0.974. The minimum Gasteiger partial charge on any atom is -0.497 e. The number of rotatable bonds is 23. The monoisotopic (exact) mass is 875 g/mol. The molecule has 1 unspecified atom stereocenters. The second-order valence-corrected chi connectivity index (χ2v) is 18.4. The summed E-state index contributed by atoms with van der Waals surface area (Å²) in [5, 5.41) is 29.2. The highest BCUT2D eigenvalue weighted by molar-refractivity contribution is 8.00. The van der Waals surface area contributed by atoms with Crippen molar-refractivity contribution in [1.82, 2.24) is 31.1 Å². The zero-order chi connectivity index (χ0) is 46.6. The molecule has 1 fully saturated rings. The third-order valence-electron chi connectivity index (χ3n) is 10.7. The summed E-state index contributed by atoms with van der Waals surface area (Å²) in [6.07, 6.45) is 0.869. The topological polar surface area (TPSA) is 267 Å². The van der Waals surface area contributed by atoms with E-state index in [1.165, 1.54) is 11.8 Å². The van der Waals surface area contributed by atoms with E-state index in [9.17, 15) is 43.5 Å². The van der Waals surface area contributed by atoms with E-state index in [2.05, 4.69) is 21.3 Å². The first kappa shape index (κ1) is 52.1. The Bertz CT molecular complexity index is 1810. The molecule has 8 N–H and O–H groups in total. The second-order valence-electron chi connectivity index (χ2n) is 17.1. The third-order valence-corrected chi connectivity index (χ3v) is 12.0. The number of hydrogen-bond donors (Lipinski definition) is 7. The summed E-state index contributed by atoms with van der Waals surface area (Å²) in [5.74, 6) is -5.30. The van der Waals surface area contributed by atoms with Gasteiger partial charge in [-0.3, -0.25) is 38.5 Å². The van der Waals surface area contributed by atoms with E-state index in [-0.39, 0.29) is 55.5 Å². The molecule has 1 aliphatic heterocycles. The molecule has 19 heteroatoms. The van der Waals surface area contributed by atoms with Gasteiger partial charge in [0.1, 0.15) is 23.9 Å². The Morgan fingerprint density at radius 1 is 1.03 bits per heavy atom. The van der Waals surface area contributed by atoms with Crippen LogP contribution in [0.5, 0.6) is 5.75 Å². The van der Waals surface area contributed by atoms with E-state index in [4.69, 9.17) is 15.6 Å². The number of hydrogen-bond acceptors (Lipinski definition) is 12. The Hall–Kier alpha value is -5.01. The van der Waals surface area contributed by atoms with Gasteiger partial charge in [-0.15, -0.1) is 11.8 Å². The maximum Gasteiger partial charge on any atom is 0.326 e. The number of aliphatic carboxylic acids is 2. The average Bonchev–Trinajstić information content (AvgIpc) is 3.45. The first-order chi connectivity index (χ1) is 28.3. The summed E-state index contributed by atoms with van der Waals surface area (Å²) in [7, 11) is 4.83. The largest absolute Gasteiger partial charge is 0.497 e. The number of likely N-dealkylation sites (N-methyl/N-ethyl adjacent to an activating group) is 2. The van der Waals surface area contributed by atoms with Gasteiger partial charge in [0.05, 0.1) is 24.4 Å². The van der Waals surface area contributed by atoms with Crippen LogP contribution in [0.3, 0.4) is 0 Å².